The predicted molar refractivity (Wildman–Crippen MR) is 111 cm³/mol. The number of rotatable bonds is 5. The van der Waals surface area contributed by atoms with Crippen molar-refractivity contribution in [1.29, 1.82) is 0 Å². The lowest BCUT2D eigenvalue weighted by Gasteiger charge is -2.19. The highest BCUT2D eigenvalue weighted by atomic mass is 16.5. The van der Waals surface area contributed by atoms with Gasteiger partial charge in [0.25, 0.3) is 5.91 Å². The van der Waals surface area contributed by atoms with E-state index in [0.29, 0.717) is 35.2 Å². The van der Waals surface area contributed by atoms with Crippen LogP contribution in [0.2, 0.25) is 0 Å². The number of carbonyl (C=O) groups is 1. The molecule has 156 valence electrons. The molecule has 2 N–H and O–H groups in total. The highest BCUT2D eigenvalue weighted by Crippen LogP contribution is 2.38. The molecule has 0 bridgehead atoms. The quantitative estimate of drug-likeness (QED) is 0.673. The third-order valence-electron chi connectivity index (χ3n) is 4.88. The summed E-state index contributed by atoms with van der Waals surface area (Å²) in [6, 6.07) is 10.6. The van der Waals surface area contributed by atoms with E-state index in [1.54, 1.807) is 29.9 Å². The van der Waals surface area contributed by atoms with Crippen molar-refractivity contribution < 1.29 is 19.4 Å². The van der Waals surface area contributed by atoms with Crippen molar-refractivity contribution in [2.45, 2.75) is 32.7 Å². The van der Waals surface area contributed by atoms with E-state index in [1.165, 1.54) is 0 Å². The summed E-state index contributed by atoms with van der Waals surface area (Å²) in [4.78, 5) is 12.8. The van der Waals surface area contributed by atoms with Crippen LogP contribution < -0.4 is 14.8 Å². The number of hydrogen-bond acceptors (Lipinski definition) is 6. The fraction of sp³-hybridized carbons (Fsp3) is 0.318. The summed E-state index contributed by atoms with van der Waals surface area (Å²) in [5.41, 5.74) is 2.16. The lowest BCUT2D eigenvalue weighted by atomic mass is 10.0. The molecule has 0 radical (unpaired) electrons. The van der Waals surface area contributed by atoms with E-state index in [-0.39, 0.29) is 23.5 Å². The largest absolute Gasteiger partial charge is 0.507 e. The minimum absolute atomic E-state index is 0.0219. The Morgan fingerprint density at radius 2 is 2.00 bits per heavy atom. The van der Waals surface area contributed by atoms with Crippen LogP contribution in [0.4, 0.5) is 0 Å². The van der Waals surface area contributed by atoms with Crippen LogP contribution >= 0.6 is 0 Å². The number of methoxy groups -OCH3 is 1. The SMILES string of the molecule is COc1ccc(-n2c(C(=O)NC(C)C)nnc2-c2cc3c(cc2O)OCCC3)cc1. The Morgan fingerprint density at radius 1 is 1.23 bits per heavy atom. The van der Waals surface area contributed by atoms with Crippen LogP contribution in [0.15, 0.2) is 36.4 Å². The van der Waals surface area contributed by atoms with Crippen LogP contribution in [0.1, 0.15) is 36.5 Å². The fourth-order valence-electron chi connectivity index (χ4n) is 3.48. The van der Waals surface area contributed by atoms with Crippen molar-refractivity contribution in [2.75, 3.05) is 13.7 Å². The zero-order valence-electron chi connectivity index (χ0n) is 17.2. The molecule has 8 heteroatoms. The van der Waals surface area contributed by atoms with Gasteiger partial charge in [0.15, 0.2) is 5.82 Å². The van der Waals surface area contributed by atoms with Crippen molar-refractivity contribution in [2.24, 2.45) is 0 Å². The van der Waals surface area contributed by atoms with E-state index in [0.717, 1.165) is 18.4 Å². The van der Waals surface area contributed by atoms with E-state index in [1.807, 2.05) is 32.0 Å². The Kier molecular flexibility index (Phi) is 5.31. The third-order valence-corrected chi connectivity index (χ3v) is 4.88. The monoisotopic (exact) mass is 408 g/mol. The van der Waals surface area contributed by atoms with Gasteiger partial charge in [-0.15, -0.1) is 10.2 Å². The summed E-state index contributed by atoms with van der Waals surface area (Å²) in [5, 5.41) is 21.9. The van der Waals surface area contributed by atoms with Crippen molar-refractivity contribution in [1.82, 2.24) is 20.1 Å². The number of ether oxygens (including phenoxy) is 2. The number of nitrogens with one attached hydrogen (secondary N) is 1. The van der Waals surface area contributed by atoms with Crippen molar-refractivity contribution in [3.63, 3.8) is 0 Å². The maximum absolute atomic E-state index is 12.8. The van der Waals surface area contributed by atoms with Gasteiger partial charge in [0.05, 0.1) is 19.3 Å². The number of aromatic hydroxyl groups is 1. The smallest absolute Gasteiger partial charge is 0.289 e. The zero-order valence-corrected chi connectivity index (χ0v) is 17.2. The Balaban J connectivity index is 1.88. The van der Waals surface area contributed by atoms with Gasteiger partial charge in [0.2, 0.25) is 5.82 Å². The first-order valence-electron chi connectivity index (χ1n) is 9.87. The fourth-order valence-corrected chi connectivity index (χ4v) is 3.48. The Morgan fingerprint density at radius 3 is 2.70 bits per heavy atom. The number of phenolic OH excluding ortho intramolecular Hbond substituents is 1. The Bertz CT molecular complexity index is 1070. The standard InChI is InChI=1S/C22H24N4O4/c1-13(2)23-22(28)21-25-24-20(26(21)15-6-8-16(29-3)9-7-15)17-11-14-5-4-10-30-19(14)12-18(17)27/h6-9,11-13,27H,4-5,10H2,1-3H3,(H,23,28). The molecule has 8 nitrogen and oxygen atoms in total. The molecule has 0 aliphatic carbocycles. The number of benzene rings is 2. The normalized spacial score (nSPS) is 12.9. The van der Waals surface area contributed by atoms with Crippen LogP contribution in [0.25, 0.3) is 17.1 Å². The first-order chi connectivity index (χ1) is 14.5. The lowest BCUT2D eigenvalue weighted by molar-refractivity contribution is 0.0930. The third kappa shape index (κ3) is 3.68. The number of fused-ring (bicyclic) bond motifs is 1. The van der Waals surface area contributed by atoms with E-state index >= 15 is 0 Å². The Hall–Kier alpha value is -3.55. The first-order valence-corrected chi connectivity index (χ1v) is 9.87. The minimum Gasteiger partial charge on any atom is -0.507 e. The molecule has 0 atom stereocenters. The molecule has 2 aromatic carbocycles. The van der Waals surface area contributed by atoms with Gasteiger partial charge < -0.3 is 19.9 Å². The Labute approximate surface area is 174 Å². The van der Waals surface area contributed by atoms with Crippen LogP contribution in [0.3, 0.4) is 0 Å². The number of carbonyl (C=O) groups excluding carboxylic acids is 1. The lowest BCUT2D eigenvalue weighted by Crippen LogP contribution is -2.32. The molecule has 1 aliphatic heterocycles. The number of hydrogen-bond donors (Lipinski definition) is 2. The van der Waals surface area contributed by atoms with Gasteiger partial charge in [-0.05, 0) is 62.6 Å². The average molecular weight is 408 g/mol. The molecule has 3 aromatic rings. The van der Waals surface area contributed by atoms with Gasteiger partial charge in [0.1, 0.15) is 17.2 Å². The number of phenols is 1. The van der Waals surface area contributed by atoms with Gasteiger partial charge in [0, 0.05) is 17.8 Å². The molecular weight excluding hydrogens is 384 g/mol. The number of aromatic nitrogens is 3. The minimum atomic E-state index is -0.347. The van der Waals surface area contributed by atoms with Crippen molar-refractivity contribution in [3.05, 3.63) is 47.8 Å². The number of amides is 1. The highest BCUT2D eigenvalue weighted by molar-refractivity contribution is 5.92. The topological polar surface area (TPSA) is 98.5 Å². The second-order valence-electron chi connectivity index (χ2n) is 7.44. The first kappa shape index (κ1) is 19.8. The molecule has 0 fully saturated rings. The van der Waals surface area contributed by atoms with Gasteiger partial charge >= 0.3 is 0 Å². The molecule has 1 amide bonds. The van der Waals surface area contributed by atoms with Crippen LogP contribution in [-0.2, 0) is 6.42 Å². The molecule has 4 rings (SSSR count). The summed E-state index contributed by atoms with van der Waals surface area (Å²) in [6.45, 7) is 4.39. The summed E-state index contributed by atoms with van der Waals surface area (Å²) in [6.07, 6.45) is 1.75. The van der Waals surface area contributed by atoms with Crippen molar-refractivity contribution in [3.8, 4) is 34.3 Å². The van der Waals surface area contributed by atoms with E-state index < -0.39 is 0 Å². The van der Waals surface area contributed by atoms with Gasteiger partial charge in [-0.2, -0.15) is 0 Å². The number of aryl methyl sites for hydroxylation is 1. The molecule has 30 heavy (non-hydrogen) atoms. The van der Waals surface area contributed by atoms with Gasteiger partial charge in [-0.3, -0.25) is 9.36 Å². The molecule has 0 saturated heterocycles. The summed E-state index contributed by atoms with van der Waals surface area (Å²) >= 11 is 0. The second kappa shape index (κ2) is 8.06. The van der Waals surface area contributed by atoms with Crippen LogP contribution in [0, 0.1) is 0 Å². The van der Waals surface area contributed by atoms with Crippen molar-refractivity contribution >= 4 is 5.91 Å². The highest BCUT2D eigenvalue weighted by Gasteiger charge is 2.25. The average Bonchev–Trinajstić information content (AvgIpc) is 3.18. The zero-order chi connectivity index (χ0) is 21.3. The van der Waals surface area contributed by atoms with Crippen LogP contribution in [0.5, 0.6) is 17.2 Å². The maximum atomic E-state index is 12.8. The van der Waals surface area contributed by atoms with Crippen LogP contribution in [-0.4, -0.2) is 45.5 Å². The second-order valence-corrected chi connectivity index (χ2v) is 7.44. The molecule has 1 aliphatic rings. The van der Waals surface area contributed by atoms with Gasteiger partial charge in [-0.25, -0.2) is 0 Å². The summed E-state index contributed by atoms with van der Waals surface area (Å²) in [5.74, 6) is 1.55. The summed E-state index contributed by atoms with van der Waals surface area (Å²) in [7, 11) is 1.59. The maximum Gasteiger partial charge on any atom is 0.289 e. The van der Waals surface area contributed by atoms with Gasteiger partial charge in [-0.1, -0.05) is 0 Å². The van der Waals surface area contributed by atoms with E-state index in [9.17, 15) is 9.90 Å². The molecule has 0 unspecified atom stereocenters. The molecule has 0 saturated carbocycles. The molecular formula is C22H24N4O4. The number of nitrogens with zero attached hydrogens (tertiary/aromatic N) is 3. The predicted octanol–water partition coefficient (Wildman–Crippen LogP) is 3.11. The molecule has 1 aromatic heterocycles. The summed E-state index contributed by atoms with van der Waals surface area (Å²) < 4.78 is 12.5. The van der Waals surface area contributed by atoms with E-state index in [4.69, 9.17) is 9.47 Å². The molecule has 0 spiro atoms. The molecule has 2 heterocycles. The van der Waals surface area contributed by atoms with E-state index in [2.05, 4.69) is 15.5 Å².